The van der Waals surface area contributed by atoms with Crippen LogP contribution in [0.3, 0.4) is 0 Å². The number of benzene rings is 1. The number of unbranched alkanes of at least 4 members (excludes halogenated alkanes) is 1. The summed E-state index contributed by atoms with van der Waals surface area (Å²) in [6.45, 7) is 11.3. The van der Waals surface area contributed by atoms with Gasteiger partial charge in [0.05, 0.1) is 29.7 Å². The Labute approximate surface area is 250 Å². The molecule has 0 spiro atoms. The summed E-state index contributed by atoms with van der Waals surface area (Å²) in [4.78, 5) is 15.6. The second-order valence-electron chi connectivity index (χ2n) is 11.8. The monoisotopic (exact) mass is 623 g/mol. The summed E-state index contributed by atoms with van der Waals surface area (Å²) in [5.74, 6) is 0.119. The first-order chi connectivity index (χ1) is 19.6. The summed E-state index contributed by atoms with van der Waals surface area (Å²) in [5.41, 5.74) is 2.14. The molecule has 0 aliphatic heterocycles. The summed E-state index contributed by atoms with van der Waals surface area (Å²) in [7, 11) is -5.75. The van der Waals surface area contributed by atoms with E-state index in [0.29, 0.717) is 42.6 Å². The molecule has 2 heterocycles. The summed E-state index contributed by atoms with van der Waals surface area (Å²) in [6.07, 6.45) is 3.75. The van der Waals surface area contributed by atoms with Gasteiger partial charge in [-0.1, -0.05) is 34.1 Å². The van der Waals surface area contributed by atoms with Crippen LogP contribution in [0.2, 0.25) is 0 Å². The minimum atomic E-state index is -4.04. The zero-order valence-corrected chi connectivity index (χ0v) is 27.3. The van der Waals surface area contributed by atoms with Gasteiger partial charge in [0.25, 0.3) is 0 Å². The molecule has 234 valence electrons. The Kier molecular flexibility index (Phi) is 11.4. The summed E-state index contributed by atoms with van der Waals surface area (Å²) < 4.78 is 63.0. The van der Waals surface area contributed by atoms with Gasteiger partial charge in [-0.05, 0) is 61.9 Å². The highest BCUT2D eigenvalue weighted by Gasteiger charge is 2.30. The van der Waals surface area contributed by atoms with Crippen molar-refractivity contribution in [1.82, 2.24) is 23.7 Å². The van der Waals surface area contributed by atoms with E-state index in [9.17, 15) is 21.6 Å². The molecule has 0 bridgehead atoms. The van der Waals surface area contributed by atoms with Crippen LogP contribution in [0, 0.1) is 18.8 Å². The number of amides is 1. The number of rotatable bonds is 16. The fourth-order valence-corrected chi connectivity index (χ4v) is 6.93. The van der Waals surface area contributed by atoms with E-state index in [1.165, 1.54) is 22.7 Å². The van der Waals surface area contributed by atoms with Crippen LogP contribution in [0.4, 0.5) is 0 Å². The predicted octanol–water partition coefficient (Wildman–Crippen LogP) is 3.89. The molecular weight excluding hydrogens is 578 g/mol. The molecule has 13 heteroatoms. The number of sulfonamides is 2. The zero-order chi connectivity index (χ0) is 31.2. The SMILES string of the molecule is Cc1cc(CN(CCCCC(NS(=O)(=O)c2ccc3occc3c2)C(=O)N(CC(C)C)CC(C)C)S(C)(=O)=O)nn1C. The van der Waals surface area contributed by atoms with Gasteiger partial charge in [0, 0.05) is 37.8 Å². The third kappa shape index (κ3) is 9.38. The van der Waals surface area contributed by atoms with E-state index in [2.05, 4.69) is 9.82 Å². The lowest BCUT2D eigenvalue weighted by Gasteiger charge is -2.30. The zero-order valence-electron chi connectivity index (χ0n) is 25.7. The number of hydrogen-bond acceptors (Lipinski definition) is 7. The first kappa shape index (κ1) is 33.8. The molecule has 3 rings (SSSR count). The largest absolute Gasteiger partial charge is 0.464 e. The Morgan fingerprint density at radius 3 is 2.26 bits per heavy atom. The number of nitrogens with one attached hydrogen (secondary N) is 1. The fourth-order valence-electron chi connectivity index (χ4n) is 4.85. The highest BCUT2D eigenvalue weighted by Crippen LogP contribution is 2.21. The molecule has 2 aromatic heterocycles. The van der Waals surface area contributed by atoms with E-state index < -0.39 is 26.1 Å². The Morgan fingerprint density at radius 1 is 1.02 bits per heavy atom. The second-order valence-corrected chi connectivity index (χ2v) is 15.5. The molecule has 1 N–H and O–H groups in total. The Morgan fingerprint density at radius 2 is 1.69 bits per heavy atom. The van der Waals surface area contributed by atoms with Crippen LogP contribution >= 0.6 is 0 Å². The quantitative estimate of drug-likeness (QED) is 0.239. The molecule has 42 heavy (non-hydrogen) atoms. The van der Waals surface area contributed by atoms with Gasteiger partial charge < -0.3 is 9.32 Å². The third-order valence-electron chi connectivity index (χ3n) is 6.93. The van der Waals surface area contributed by atoms with Crippen LogP contribution in [0.1, 0.15) is 58.3 Å². The van der Waals surface area contributed by atoms with Gasteiger partial charge >= 0.3 is 0 Å². The maximum atomic E-state index is 13.8. The average Bonchev–Trinajstić information content (AvgIpc) is 3.47. The van der Waals surface area contributed by atoms with E-state index in [0.717, 1.165) is 11.9 Å². The first-order valence-electron chi connectivity index (χ1n) is 14.3. The van der Waals surface area contributed by atoms with Gasteiger partial charge in [-0.3, -0.25) is 9.48 Å². The predicted molar refractivity (Wildman–Crippen MR) is 164 cm³/mol. The molecule has 11 nitrogen and oxygen atoms in total. The highest BCUT2D eigenvalue weighted by molar-refractivity contribution is 7.89. The number of furan rings is 1. The molecule has 0 fully saturated rings. The maximum absolute atomic E-state index is 13.8. The van der Waals surface area contributed by atoms with E-state index in [1.54, 1.807) is 28.8 Å². The standard InChI is InChI=1S/C29H45N5O6S2/c1-21(2)18-33(19-22(3)4)29(35)27(31-42(38,39)26-11-12-28-24(17-26)13-15-40-28)10-8-9-14-34(41(7,36)37)20-25-16-23(5)32(6)30-25/h11-13,15-17,21-22,27,31H,8-10,14,18-20H2,1-7H3. The number of carbonyl (C=O) groups is 1. The van der Waals surface area contributed by atoms with Gasteiger partial charge in [-0.2, -0.15) is 14.1 Å². The van der Waals surface area contributed by atoms with Gasteiger partial charge in [-0.15, -0.1) is 0 Å². The van der Waals surface area contributed by atoms with Gasteiger partial charge in [0.2, 0.25) is 26.0 Å². The van der Waals surface area contributed by atoms with Crippen LogP contribution in [-0.4, -0.2) is 73.7 Å². The number of hydrogen-bond donors (Lipinski definition) is 1. The van der Waals surface area contributed by atoms with Gasteiger partial charge in [0.1, 0.15) is 11.6 Å². The smallest absolute Gasteiger partial charge is 0.241 e. The number of aryl methyl sites for hydroxylation is 2. The molecule has 3 aromatic rings. The van der Waals surface area contributed by atoms with E-state index in [-0.39, 0.29) is 42.1 Å². The topological polar surface area (TPSA) is 135 Å². The molecule has 0 aliphatic carbocycles. The number of aromatic nitrogens is 2. The fraction of sp³-hybridized carbons (Fsp3) is 0.586. The Bertz CT molecular complexity index is 1530. The summed E-state index contributed by atoms with van der Waals surface area (Å²) in [6, 6.07) is 7.10. The van der Waals surface area contributed by atoms with Crippen molar-refractivity contribution in [2.75, 3.05) is 25.9 Å². The van der Waals surface area contributed by atoms with Crippen molar-refractivity contribution < 1.29 is 26.0 Å². The first-order valence-corrected chi connectivity index (χ1v) is 17.6. The molecule has 0 saturated heterocycles. The Hall–Kier alpha value is -2.74. The second kappa shape index (κ2) is 14.2. The van der Waals surface area contributed by atoms with Crippen molar-refractivity contribution in [1.29, 1.82) is 0 Å². The minimum Gasteiger partial charge on any atom is -0.464 e. The molecule has 1 amide bonds. The number of carbonyl (C=O) groups excluding carboxylic acids is 1. The lowest BCUT2D eigenvalue weighted by atomic mass is 10.1. The molecule has 0 aliphatic rings. The van der Waals surface area contributed by atoms with Gasteiger partial charge in [-0.25, -0.2) is 16.8 Å². The molecule has 1 atom stereocenters. The lowest BCUT2D eigenvalue weighted by molar-refractivity contribution is -0.134. The maximum Gasteiger partial charge on any atom is 0.241 e. The van der Waals surface area contributed by atoms with E-state index in [4.69, 9.17) is 4.42 Å². The van der Waals surface area contributed by atoms with Crippen molar-refractivity contribution >= 4 is 36.9 Å². The highest BCUT2D eigenvalue weighted by atomic mass is 32.2. The van der Waals surface area contributed by atoms with Crippen molar-refractivity contribution in [3.8, 4) is 0 Å². The third-order valence-corrected chi connectivity index (χ3v) is 9.65. The molecule has 1 aromatic carbocycles. The van der Waals surface area contributed by atoms with Crippen molar-refractivity contribution in [3.63, 3.8) is 0 Å². The molecule has 1 unspecified atom stereocenters. The van der Waals surface area contributed by atoms with E-state index >= 15 is 0 Å². The molecular formula is C29H45N5O6S2. The van der Waals surface area contributed by atoms with Crippen LogP contribution in [0.25, 0.3) is 11.0 Å². The number of fused-ring (bicyclic) bond motifs is 1. The van der Waals surface area contributed by atoms with Crippen LogP contribution in [-0.2, 0) is 38.4 Å². The number of nitrogens with zero attached hydrogens (tertiary/aromatic N) is 4. The summed E-state index contributed by atoms with van der Waals surface area (Å²) >= 11 is 0. The van der Waals surface area contributed by atoms with Crippen molar-refractivity contribution in [2.24, 2.45) is 18.9 Å². The average molecular weight is 624 g/mol. The van der Waals surface area contributed by atoms with Gasteiger partial charge in [0.15, 0.2) is 0 Å². The normalized spacial score (nSPS) is 13.5. The van der Waals surface area contributed by atoms with Crippen molar-refractivity contribution in [2.45, 2.75) is 71.4 Å². The molecule has 0 radical (unpaired) electrons. The molecule has 0 saturated carbocycles. The van der Waals surface area contributed by atoms with Crippen LogP contribution < -0.4 is 4.72 Å². The minimum absolute atomic E-state index is 0.0439. The van der Waals surface area contributed by atoms with Crippen molar-refractivity contribution in [3.05, 3.63) is 48.0 Å². The summed E-state index contributed by atoms with van der Waals surface area (Å²) in [5, 5.41) is 5.02. The van der Waals surface area contributed by atoms with Crippen LogP contribution in [0.15, 0.2) is 45.9 Å². The Balaban J connectivity index is 1.78. The lowest BCUT2D eigenvalue weighted by Crippen LogP contribution is -2.50. The van der Waals surface area contributed by atoms with Crippen LogP contribution in [0.5, 0.6) is 0 Å². The van der Waals surface area contributed by atoms with E-state index in [1.807, 2.05) is 40.7 Å².